The molecular formula is C16H26FNO. The highest BCUT2D eigenvalue weighted by atomic mass is 19.1. The van der Waals surface area contributed by atoms with Gasteiger partial charge in [0.2, 0.25) is 0 Å². The number of hydrogen-bond acceptors (Lipinski definition) is 2. The summed E-state index contributed by atoms with van der Waals surface area (Å²) in [5.74, 6) is -0.121. The van der Waals surface area contributed by atoms with Crippen LogP contribution >= 0.6 is 0 Å². The molecule has 0 amide bonds. The van der Waals surface area contributed by atoms with Gasteiger partial charge in [-0.2, -0.15) is 0 Å². The smallest absolute Gasteiger partial charge is 0.127 e. The van der Waals surface area contributed by atoms with E-state index in [2.05, 4.69) is 12.2 Å². The average Bonchev–Trinajstić information content (AvgIpc) is 2.41. The summed E-state index contributed by atoms with van der Waals surface area (Å²) in [6, 6.07) is 5.39. The molecule has 0 radical (unpaired) electrons. The van der Waals surface area contributed by atoms with Gasteiger partial charge in [0.25, 0.3) is 0 Å². The Labute approximate surface area is 116 Å². The fourth-order valence-electron chi connectivity index (χ4n) is 2.14. The third-order valence-electron chi connectivity index (χ3n) is 3.43. The maximum atomic E-state index is 14.0. The summed E-state index contributed by atoms with van der Waals surface area (Å²) >= 11 is 0. The van der Waals surface area contributed by atoms with Crippen LogP contribution in [0.15, 0.2) is 18.2 Å². The summed E-state index contributed by atoms with van der Waals surface area (Å²) in [4.78, 5) is 0. The third-order valence-corrected chi connectivity index (χ3v) is 3.43. The second-order valence-electron chi connectivity index (χ2n) is 5.16. The topological polar surface area (TPSA) is 21.3 Å². The van der Waals surface area contributed by atoms with Crippen LogP contribution in [-0.4, -0.2) is 19.8 Å². The standard InChI is InChI=1S/C16H26FNO/c1-5-10-18-16(9-7-13(3)19-4)14-11-12(2)6-8-15(14)17/h6,8,11,13,16,18H,5,7,9-10H2,1-4H3. The quantitative estimate of drug-likeness (QED) is 0.769. The molecule has 2 atom stereocenters. The van der Waals surface area contributed by atoms with Crippen molar-refractivity contribution >= 4 is 0 Å². The monoisotopic (exact) mass is 267 g/mol. The Bertz CT molecular complexity index is 381. The lowest BCUT2D eigenvalue weighted by Gasteiger charge is -2.21. The minimum absolute atomic E-state index is 0.0671. The van der Waals surface area contributed by atoms with Crippen molar-refractivity contribution in [2.45, 2.75) is 52.2 Å². The van der Waals surface area contributed by atoms with Crippen LogP contribution in [0.2, 0.25) is 0 Å². The molecule has 0 fully saturated rings. The van der Waals surface area contributed by atoms with Gasteiger partial charge < -0.3 is 10.1 Å². The van der Waals surface area contributed by atoms with E-state index in [-0.39, 0.29) is 18.0 Å². The van der Waals surface area contributed by atoms with E-state index in [4.69, 9.17) is 4.74 Å². The number of halogens is 1. The van der Waals surface area contributed by atoms with Crippen molar-refractivity contribution in [1.29, 1.82) is 0 Å². The lowest BCUT2D eigenvalue weighted by atomic mass is 9.98. The molecule has 1 aromatic carbocycles. The van der Waals surface area contributed by atoms with E-state index in [1.807, 2.05) is 26.0 Å². The van der Waals surface area contributed by atoms with Gasteiger partial charge in [-0.3, -0.25) is 0 Å². The lowest BCUT2D eigenvalue weighted by Crippen LogP contribution is -2.24. The normalized spacial score (nSPS) is 14.4. The summed E-state index contributed by atoms with van der Waals surface area (Å²) in [6.45, 7) is 7.06. The first-order valence-corrected chi connectivity index (χ1v) is 7.10. The SMILES string of the molecule is CCCNC(CCC(C)OC)c1cc(C)ccc1F. The molecule has 1 aromatic rings. The molecule has 1 N–H and O–H groups in total. The van der Waals surface area contributed by atoms with Crippen LogP contribution in [0.3, 0.4) is 0 Å². The molecule has 0 aliphatic carbocycles. The van der Waals surface area contributed by atoms with E-state index in [9.17, 15) is 4.39 Å². The van der Waals surface area contributed by atoms with Gasteiger partial charge in [0.05, 0.1) is 6.10 Å². The Morgan fingerprint density at radius 3 is 2.68 bits per heavy atom. The predicted octanol–water partition coefficient (Wildman–Crippen LogP) is 3.99. The fourth-order valence-corrected chi connectivity index (χ4v) is 2.14. The fraction of sp³-hybridized carbons (Fsp3) is 0.625. The maximum Gasteiger partial charge on any atom is 0.127 e. The first-order valence-electron chi connectivity index (χ1n) is 7.10. The molecule has 0 saturated carbocycles. The number of hydrogen-bond donors (Lipinski definition) is 1. The lowest BCUT2D eigenvalue weighted by molar-refractivity contribution is 0.106. The number of nitrogens with one attached hydrogen (secondary N) is 1. The molecule has 19 heavy (non-hydrogen) atoms. The summed E-state index contributed by atoms with van der Waals surface area (Å²) in [5.41, 5.74) is 1.87. The molecule has 0 heterocycles. The van der Waals surface area contributed by atoms with Gasteiger partial charge in [-0.25, -0.2) is 4.39 Å². The van der Waals surface area contributed by atoms with E-state index < -0.39 is 0 Å². The first kappa shape index (κ1) is 16.1. The van der Waals surface area contributed by atoms with Gasteiger partial charge in [0.15, 0.2) is 0 Å². The number of benzene rings is 1. The molecule has 0 spiro atoms. The Balaban J connectivity index is 2.79. The molecule has 3 heteroatoms. The van der Waals surface area contributed by atoms with Gasteiger partial charge in [0, 0.05) is 18.7 Å². The van der Waals surface area contributed by atoms with Crippen molar-refractivity contribution < 1.29 is 9.13 Å². The molecule has 2 nitrogen and oxygen atoms in total. The molecule has 0 aliphatic heterocycles. The Morgan fingerprint density at radius 2 is 2.05 bits per heavy atom. The van der Waals surface area contributed by atoms with Crippen LogP contribution in [0.4, 0.5) is 4.39 Å². The second kappa shape index (κ2) is 8.28. The van der Waals surface area contributed by atoms with Gasteiger partial charge in [0.1, 0.15) is 5.82 Å². The summed E-state index contributed by atoms with van der Waals surface area (Å²) < 4.78 is 19.3. The second-order valence-corrected chi connectivity index (χ2v) is 5.16. The van der Waals surface area contributed by atoms with E-state index >= 15 is 0 Å². The highest BCUT2D eigenvalue weighted by Gasteiger charge is 2.16. The van der Waals surface area contributed by atoms with Crippen LogP contribution in [-0.2, 0) is 4.74 Å². The molecule has 0 bridgehead atoms. The maximum absolute atomic E-state index is 14.0. The van der Waals surface area contributed by atoms with Crippen molar-refractivity contribution in [3.8, 4) is 0 Å². The van der Waals surface area contributed by atoms with Gasteiger partial charge in [-0.1, -0.05) is 24.6 Å². The zero-order valence-corrected chi connectivity index (χ0v) is 12.5. The number of aryl methyl sites for hydroxylation is 1. The van der Waals surface area contributed by atoms with Crippen LogP contribution in [0.25, 0.3) is 0 Å². The van der Waals surface area contributed by atoms with E-state index in [1.165, 1.54) is 0 Å². The molecule has 0 aromatic heterocycles. The van der Waals surface area contributed by atoms with Crippen molar-refractivity contribution in [1.82, 2.24) is 5.32 Å². The highest BCUT2D eigenvalue weighted by Crippen LogP contribution is 2.24. The molecule has 2 unspecified atom stereocenters. The molecule has 1 rings (SSSR count). The van der Waals surface area contributed by atoms with E-state index in [1.54, 1.807) is 13.2 Å². The zero-order chi connectivity index (χ0) is 14.3. The Morgan fingerprint density at radius 1 is 1.32 bits per heavy atom. The summed E-state index contributed by atoms with van der Waals surface area (Å²) in [6.07, 6.45) is 3.06. The third kappa shape index (κ3) is 5.29. The van der Waals surface area contributed by atoms with Crippen LogP contribution in [0.1, 0.15) is 50.3 Å². The van der Waals surface area contributed by atoms with E-state index in [0.717, 1.165) is 36.9 Å². The van der Waals surface area contributed by atoms with Crippen LogP contribution in [0.5, 0.6) is 0 Å². The minimum Gasteiger partial charge on any atom is -0.382 e. The van der Waals surface area contributed by atoms with Crippen molar-refractivity contribution in [2.75, 3.05) is 13.7 Å². The Kier molecular flexibility index (Phi) is 7.03. The zero-order valence-electron chi connectivity index (χ0n) is 12.5. The average molecular weight is 267 g/mol. The summed E-state index contributed by atoms with van der Waals surface area (Å²) in [5, 5.41) is 3.44. The van der Waals surface area contributed by atoms with E-state index in [0.29, 0.717) is 0 Å². The van der Waals surface area contributed by atoms with Crippen LogP contribution < -0.4 is 5.32 Å². The number of methoxy groups -OCH3 is 1. The van der Waals surface area contributed by atoms with Gasteiger partial charge in [-0.05, 0) is 45.7 Å². The molecule has 108 valence electrons. The first-order chi connectivity index (χ1) is 9.08. The molecule has 0 saturated heterocycles. The van der Waals surface area contributed by atoms with Gasteiger partial charge in [-0.15, -0.1) is 0 Å². The predicted molar refractivity (Wildman–Crippen MR) is 77.9 cm³/mol. The summed E-state index contributed by atoms with van der Waals surface area (Å²) in [7, 11) is 1.71. The van der Waals surface area contributed by atoms with Crippen molar-refractivity contribution in [3.63, 3.8) is 0 Å². The largest absolute Gasteiger partial charge is 0.382 e. The van der Waals surface area contributed by atoms with Crippen molar-refractivity contribution in [2.24, 2.45) is 0 Å². The molecular weight excluding hydrogens is 241 g/mol. The van der Waals surface area contributed by atoms with Crippen molar-refractivity contribution in [3.05, 3.63) is 35.1 Å². The molecule has 0 aliphatic rings. The highest BCUT2D eigenvalue weighted by molar-refractivity contribution is 5.26. The van der Waals surface area contributed by atoms with Gasteiger partial charge >= 0.3 is 0 Å². The minimum atomic E-state index is -0.121. The Hall–Kier alpha value is -0.930. The number of ether oxygens (including phenoxy) is 1. The van der Waals surface area contributed by atoms with Crippen LogP contribution in [0, 0.1) is 12.7 Å². The number of rotatable bonds is 8.